The Bertz CT molecular complexity index is 178. The van der Waals surface area contributed by atoms with Crippen molar-refractivity contribution in [1.29, 1.82) is 0 Å². The van der Waals surface area contributed by atoms with E-state index in [0.717, 1.165) is 12.3 Å². The Balaban J connectivity index is 2.07. The second kappa shape index (κ2) is 2.50. The smallest absolute Gasteiger partial charge is 0.220 e. The summed E-state index contributed by atoms with van der Waals surface area (Å²) in [4.78, 5) is 11.0. The van der Waals surface area contributed by atoms with Gasteiger partial charge >= 0.3 is 0 Å². The van der Waals surface area contributed by atoms with Crippen molar-refractivity contribution in [1.82, 2.24) is 0 Å². The molecule has 62 valence electrons. The molecule has 2 aliphatic rings. The number of nitrogens with two attached hydrogens (primary N) is 1. The fourth-order valence-electron chi connectivity index (χ4n) is 2.77. The molecule has 0 spiro atoms. The lowest BCUT2D eigenvalue weighted by atomic mass is 9.80. The number of carbonyl (C=O) groups is 1. The first-order valence-corrected chi connectivity index (χ1v) is 4.56. The van der Waals surface area contributed by atoms with E-state index in [-0.39, 0.29) is 11.8 Å². The summed E-state index contributed by atoms with van der Waals surface area (Å²) in [6, 6.07) is 0. The first kappa shape index (κ1) is 7.14. The van der Waals surface area contributed by atoms with Gasteiger partial charge in [0.1, 0.15) is 0 Å². The van der Waals surface area contributed by atoms with E-state index in [1.54, 1.807) is 0 Å². The third kappa shape index (κ3) is 1.15. The highest BCUT2D eigenvalue weighted by molar-refractivity contribution is 5.77. The van der Waals surface area contributed by atoms with Crippen LogP contribution in [0.1, 0.15) is 32.1 Å². The van der Waals surface area contributed by atoms with Crippen molar-refractivity contribution < 1.29 is 4.79 Å². The van der Waals surface area contributed by atoms with Gasteiger partial charge in [-0.15, -0.1) is 0 Å². The van der Waals surface area contributed by atoms with Crippen LogP contribution in [-0.4, -0.2) is 5.91 Å². The molecule has 0 aliphatic heterocycles. The number of primary amides is 1. The molecule has 2 aliphatic carbocycles. The number of carbonyl (C=O) groups excluding carboxylic acids is 1. The average Bonchev–Trinajstić information content (AvgIpc) is 2.32. The molecule has 2 nitrogen and oxygen atoms in total. The van der Waals surface area contributed by atoms with Crippen molar-refractivity contribution >= 4 is 5.91 Å². The SMILES string of the molecule is NC(=O)C1CCC2CCC1C2. The lowest BCUT2D eigenvalue weighted by molar-refractivity contribution is -0.124. The lowest BCUT2D eigenvalue weighted by Gasteiger charge is -2.25. The Labute approximate surface area is 67.1 Å². The molecule has 0 radical (unpaired) electrons. The van der Waals surface area contributed by atoms with Gasteiger partial charge in [0, 0.05) is 5.92 Å². The van der Waals surface area contributed by atoms with Crippen molar-refractivity contribution in [2.24, 2.45) is 23.5 Å². The summed E-state index contributed by atoms with van der Waals surface area (Å²) in [5.74, 6) is 1.73. The van der Waals surface area contributed by atoms with Gasteiger partial charge in [0.25, 0.3) is 0 Å². The molecule has 2 saturated carbocycles. The second-order valence-corrected chi connectivity index (χ2v) is 4.03. The Kier molecular flexibility index (Phi) is 1.63. The van der Waals surface area contributed by atoms with E-state index < -0.39 is 0 Å². The van der Waals surface area contributed by atoms with E-state index in [9.17, 15) is 4.79 Å². The second-order valence-electron chi connectivity index (χ2n) is 4.03. The van der Waals surface area contributed by atoms with Crippen LogP contribution < -0.4 is 5.73 Å². The van der Waals surface area contributed by atoms with E-state index >= 15 is 0 Å². The monoisotopic (exact) mass is 153 g/mol. The van der Waals surface area contributed by atoms with E-state index in [4.69, 9.17) is 5.73 Å². The standard InChI is InChI=1S/C9H15NO/c10-9(11)8-4-2-6-1-3-7(8)5-6/h6-8H,1-5H2,(H2,10,11). The van der Waals surface area contributed by atoms with E-state index in [2.05, 4.69) is 0 Å². The van der Waals surface area contributed by atoms with Gasteiger partial charge in [-0.1, -0.05) is 6.42 Å². The molecule has 3 atom stereocenters. The van der Waals surface area contributed by atoms with Crippen LogP contribution in [0.2, 0.25) is 0 Å². The van der Waals surface area contributed by atoms with Crippen molar-refractivity contribution in [2.45, 2.75) is 32.1 Å². The van der Waals surface area contributed by atoms with Gasteiger partial charge in [0.2, 0.25) is 5.91 Å². The molecule has 0 aromatic rings. The number of fused-ring (bicyclic) bond motifs is 2. The minimum atomic E-state index is -0.0599. The van der Waals surface area contributed by atoms with Crippen LogP contribution in [0.5, 0.6) is 0 Å². The van der Waals surface area contributed by atoms with Gasteiger partial charge in [0.15, 0.2) is 0 Å². The summed E-state index contributed by atoms with van der Waals surface area (Å²) in [5.41, 5.74) is 5.31. The molecule has 2 rings (SSSR count). The van der Waals surface area contributed by atoms with Crippen molar-refractivity contribution in [3.63, 3.8) is 0 Å². The highest BCUT2D eigenvalue weighted by atomic mass is 16.1. The highest BCUT2D eigenvalue weighted by Crippen LogP contribution is 2.44. The van der Waals surface area contributed by atoms with Crippen LogP contribution in [0, 0.1) is 17.8 Å². The van der Waals surface area contributed by atoms with Crippen LogP contribution in [0.15, 0.2) is 0 Å². The first-order chi connectivity index (χ1) is 5.27. The largest absolute Gasteiger partial charge is 0.369 e. The van der Waals surface area contributed by atoms with Crippen LogP contribution in [0.25, 0.3) is 0 Å². The van der Waals surface area contributed by atoms with Gasteiger partial charge in [-0.05, 0) is 37.5 Å². The summed E-state index contributed by atoms with van der Waals surface area (Å²) in [6.45, 7) is 0. The lowest BCUT2D eigenvalue weighted by Crippen LogP contribution is -2.31. The summed E-state index contributed by atoms with van der Waals surface area (Å²) in [5, 5.41) is 0. The Hall–Kier alpha value is -0.530. The predicted octanol–water partition coefficient (Wildman–Crippen LogP) is 1.30. The van der Waals surface area contributed by atoms with Gasteiger partial charge in [-0.3, -0.25) is 4.79 Å². The van der Waals surface area contributed by atoms with Crippen LogP contribution >= 0.6 is 0 Å². The number of rotatable bonds is 1. The Morgan fingerprint density at radius 2 is 1.91 bits per heavy atom. The number of amides is 1. The summed E-state index contributed by atoms with van der Waals surface area (Å²) in [6.07, 6.45) is 6.16. The molecular weight excluding hydrogens is 138 g/mol. The number of hydrogen-bond acceptors (Lipinski definition) is 1. The van der Waals surface area contributed by atoms with Gasteiger partial charge in [0.05, 0.1) is 0 Å². The molecular formula is C9H15NO. The van der Waals surface area contributed by atoms with E-state index in [1.807, 2.05) is 0 Å². The fraction of sp³-hybridized carbons (Fsp3) is 0.889. The molecule has 0 heterocycles. The zero-order valence-corrected chi connectivity index (χ0v) is 6.75. The van der Waals surface area contributed by atoms with E-state index in [1.165, 1.54) is 25.7 Å². The minimum Gasteiger partial charge on any atom is -0.369 e. The highest BCUT2D eigenvalue weighted by Gasteiger charge is 2.38. The normalized spacial score (nSPS) is 42.4. The zero-order valence-electron chi connectivity index (χ0n) is 6.75. The third-order valence-electron chi connectivity index (χ3n) is 3.40. The molecule has 2 bridgehead atoms. The number of hydrogen-bond donors (Lipinski definition) is 1. The molecule has 3 unspecified atom stereocenters. The van der Waals surface area contributed by atoms with Crippen molar-refractivity contribution in [3.05, 3.63) is 0 Å². The van der Waals surface area contributed by atoms with Gasteiger partial charge in [-0.25, -0.2) is 0 Å². The van der Waals surface area contributed by atoms with Crippen LogP contribution in [0.4, 0.5) is 0 Å². The predicted molar refractivity (Wildman–Crippen MR) is 42.7 cm³/mol. The summed E-state index contributed by atoms with van der Waals surface area (Å²) < 4.78 is 0. The quantitative estimate of drug-likeness (QED) is 0.606. The Morgan fingerprint density at radius 3 is 2.64 bits per heavy atom. The van der Waals surface area contributed by atoms with Gasteiger partial charge < -0.3 is 5.73 Å². The average molecular weight is 153 g/mol. The van der Waals surface area contributed by atoms with Gasteiger partial charge in [-0.2, -0.15) is 0 Å². The molecule has 0 aromatic heterocycles. The van der Waals surface area contributed by atoms with Crippen LogP contribution in [-0.2, 0) is 4.79 Å². The molecule has 2 fully saturated rings. The maximum Gasteiger partial charge on any atom is 0.220 e. The maximum absolute atomic E-state index is 11.0. The molecule has 11 heavy (non-hydrogen) atoms. The van der Waals surface area contributed by atoms with Crippen LogP contribution in [0.3, 0.4) is 0 Å². The minimum absolute atomic E-state index is 0.0599. The zero-order chi connectivity index (χ0) is 7.84. The summed E-state index contributed by atoms with van der Waals surface area (Å²) in [7, 11) is 0. The first-order valence-electron chi connectivity index (χ1n) is 4.56. The topological polar surface area (TPSA) is 43.1 Å². The van der Waals surface area contributed by atoms with E-state index in [0.29, 0.717) is 5.92 Å². The molecule has 1 amide bonds. The molecule has 0 saturated heterocycles. The van der Waals surface area contributed by atoms with Crippen molar-refractivity contribution in [3.8, 4) is 0 Å². The van der Waals surface area contributed by atoms with Crippen molar-refractivity contribution in [2.75, 3.05) is 0 Å². The fourth-order valence-corrected chi connectivity index (χ4v) is 2.77. The Morgan fingerprint density at radius 1 is 1.18 bits per heavy atom. The third-order valence-corrected chi connectivity index (χ3v) is 3.40. The molecule has 2 heteroatoms. The summed E-state index contributed by atoms with van der Waals surface area (Å²) >= 11 is 0. The maximum atomic E-state index is 11.0. The molecule has 0 aromatic carbocycles. The molecule has 2 N–H and O–H groups in total.